The smallest absolute Gasteiger partial charge is 0.175 e. The van der Waals surface area contributed by atoms with Gasteiger partial charge in [0.25, 0.3) is 0 Å². The van der Waals surface area contributed by atoms with Gasteiger partial charge in [0.2, 0.25) is 0 Å². The second-order valence-electron chi connectivity index (χ2n) is 5.02. The quantitative estimate of drug-likeness (QED) is 0.871. The van der Waals surface area contributed by atoms with Crippen molar-refractivity contribution in [1.29, 1.82) is 0 Å². The Morgan fingerprint density at radius 3 is 2.35 bits per heavy atom. The van der Waals surface area contributed by atoms with E-state index >= 15 is 0 Å². The van der Waals surface area contributed by atoms with Gasteiger partial charge in [0.15, 0.2) is 9.84 Å². The van der Waals surface area contributed by atoms with Crippen LogP contribution in [-0.2, 0) is 16.4 Å². The first-order valence-corrected chi connectivity index (χ1v) is 7.85. The number of rotatable bonds is 5. The Kier molecular flexibility index (Phi) is 3.54. The third kappa shape index (κ3) is 3.54. The molecule has 1 saturated carbocycles. The molecule has 1 aliphatic rings. The fourth-order valence-electron chi connectivity index (χ4n) is 1.94. The highest BCUT2D eigenvalue weighted by atomic mass is 32.2. The van der Waals surface area contributed by atoms with Crippen molar-refractivity contribution >= 4 is 9.84 Å². The van der Waals surface area contributed by atoms with E-state index in [0.29, 0.717) is 4.90 Å². The van der Waals surface area contributed by atoms with Crippen molar-refractivity contribution in [3.05, 3.63) is 29.8 Å². The Balaban J connectivity index is 1.85. The van der Waals surface area contributed by atoms with Gasteiger partial charge in [-0.05, 0) is 42.5 Å². The molecule has 0 amide bonds. The zero-order valence-electron chi connectivity index (χ0n) is 10.3. The zero-order valence-corrected chi connectivity index (χ0v) is 11.1. The van der Waals surface area contributed by atoms with Crippen molar-refractivity contribution in [2.75, 3.05) is 12.8 Å². The molecule has 0 radical (unpaired) electrons. The van der Waals surface area contributed by atoms with E-state index in [1.54, 1.807) is 12.1 Å². The van der Waals surface area contributed by atoms with Crippen LogP contribution in [0.2, 0.25) is 0 Å². The lowest BCUT2D eigenvalue weighted by Gasteiger charge is -2.05. The van der Waals surface area contributed by atoms with E-state index in [9.17, 15) is 8.42 Å². The first kappa shape index (κ1) is 12.6. The number of nitrogens with one attached hydrogen (secondary N) is 1. The molecule has 2 unspecified atom stereocenters. The number of sulfone groups is 1. The van der Waals surface area contributed by atoms with E-state index in [1.807, 2.05) is 12.1 Å². The maximum absolute atomic E-state index is 11.3. The largest absolute Gasteiger partial charge is 0.312 e. The van der Waals surface area contributed by atoms with Crippen LogP contribution in [-0.4, -0.2) is 21.2 Å². The van der Waals surface area contributed by atoms with Crippen molar-refractivity contribution < 1.29 is 8.42 Å². The summed E-state index contributed by atoms with van der Waals surface area (Å²) in [7, 11) is -3.07. The molecule has 3 nitrogen and oxygen atoms in total. The molecule has 1 N–H and O–H groups in total. The van der Waals surface area contributed by atoms with Crippen LogP contribution in [0.15, 0.2) is 29.2 Å². The standard InChI is InChI=1S/C13H19NO2S/c1-10-7-12(10)9-14-8-11-3-5-13(6-4-11)17(2,15)16/h3-6,10,12,14H,7-9H2,1-2H3. The maximum atomic E-state index is 11.3. The minimum absolute atomic E-state index is 0.386. The van der Waals surface area contributed by atoms with Crippen molar-refractivity contribution in [3.63, 3.8) is 0 Å². The van der Waals surface area contributed by atoms with Gasteiger partial charge in [-0.15, -0.1) is 0 Å². The Morgan fingerprint density at radius 2 is 1.88 bits per heavy atom. The van der Waals surface area contributed by atoms with E-state index in [2.05, 4.69) is 12.2 Å². The van der Waals surface area contributed by atoms with Crippen LogP contribution in [0, 0.1) is 11.8 Å². The minimum Gasteiger partial charge on any atom is -0.312 e. The van der Waals surface area contributed by atoms with Crippen LogP contribution in [0.5, 0.6) is 0 Å². The second-order valence-corrected chi connectivity index (χ2v) is 7.04. The molecule has 0 heterocycles. The van der Waals surface area contributed by atoms with Crippen LogP contribution in [0.3, 0.4) is 0 Å². The number of hydrogen-bond donors (Lipinski definition) is 1. The Hall–Kier alpha value is -0.870. The van der Waals surface area contributed by atoms with Gasteiger partial charge in [-0.2, -0.15) is 0 Å². The van der Waals surface area contributed by atoms with E-state index < -0.39 is 9.84 Å². The average molecular weight is 253 g/mol. The first-order chi connectivity index (χ1) is 7.97. The van der Waals surface area contributed by atoms with E-state index in [4.69, 9.17) is 0 Å². The van der Waals surface area contributed by atoms with Crippen LogP contribution >= 0.6 is 0 Å². The first-order valence-electron chi connectivity index (χ1n) is 5.96. The summed E-state index contributed by atoms with van der Waals surface area (Å²) in [5.74, 6) is 1.71. The highest BCUT2D eigenvalue weighted by Crippen LogP contribution is 2.36. The molecule has 94 valence electrons. The van der Waals surface area contributed by atoms with Gasteiger partial charge >= 0.3 is 0 Å². The predicted molar refractivity (Wildman–Crippen MR) is 68.5 cm³/mol. The zero-order chi connectivity index (χ0) is 12.5. The predicted octanol–water partition coefficient (Wildman–Crippen LogP) is 1.84. The van der Waals surface area contributed by atoms with Gasteiger partial charge < -0.3 is 5.32 Å². The summed E-state index contributed by atoms with van der Waals surface area (Å²) < 4.78 is 22.6. The van der Waals surface area contributed by atoms with Crippen molar-refractivity contribution in [1.82, 2.24) is 5.32 Å². The van der Waals surface area contributed by atoms with Crippen molar-refractivity contribution in [3.8, 4) is 0 Å². The number of hydrogen-bond acceptors (Lipinski definition) is 3. The SMILES string of the molecule is CC1CC1CNCc1ccc(S(C)(=O)=O)cc1. The third-order valence-corrected chi connectivity index (χ3v) is 4.49. The van der Waals surface area contributed by atoms with E-state index in [-0.39, 0.29) is 0 Å². The van der Waals surface area contributed by atoms with Crippen molar-refractivity contribution in [2.24, 2.45) is 11.8 Å². The van der Waals surface area contributed by atoms with Crippen LogP contribution in [0.25, 0.3) is 0 Å². The Bertz CT molecular complexity index is 479. The lowest BCUT2D eigenvalue weighted by atomic mass is 10.2. The average Bonchev–Trinajstić information content (AvgIpc) is 2.94. The molecule has 0 bridgehead atoms. The molecule has 2 atom stereocenters. The summed E-state index contributed by atoms with van der Waals surface area (Å²) in [5, 5.41) is 3.40. The normalized spacial score (nSPS) is 23.6. The van der Waals surface area contributed by atoms with Gasteiger partial charge in [0, 0.05) is 12.8 Å². The fraction of sp³-hybridized carbons (Fsp3) is 0.538. The molecule has 2 rings (SSSR count). The van der Waals surface area contributed by atoms with E-state index in [1.165, 1.54) is 12.7 Å². The lowest BCUT2D eigenvalue weighted by molar-refractivity contribution is 0.601. The summed E-state index contributed by atoms with van der Waals surface area (Å²) in [4.78, 5) is 0.386. The molecular formula is C13H19NO2S. The summed E-state index contributed by atoms with van der Waals surface area (Å²) in [6, 6.07) is 7.09. The maximum Gasteiger partial charge on any atom is 0.175 e. The van der Waals surface area contributed by atoms with Crippen molar-refractivity contribution in [2.45, 2.75) is 24.8 Å². The van der Waals surface area contributed by atoms with Crippen LogP contribution in [0.1, 0.15) is 18.9 Å². The van der Waals surface area contributed by atoms with Gasteiger partial charge in [-0.3, -0.25) is 0 Å². The Labute approximate surface area is 103 Å². The van der Waals surface area contributed by atoms with Gasteiger partial charge in [0.05, 0.1) is 4.90 Å². The molecule has 0 aliphatic heterocycles. The molecule has 0 aromatic heterocycles. The summed E-state index contributed by atoms with van der Waals surface area (Å²) in [6.07, 6.45) is 2.56. The molecule has 1 aromatic carbocycles. The minimum atomic E-state index is -3.07. The summed E-state index contributed by atoms with van der Waals surface area (Å²) in [5.41, 5.74) is 1.13. The van der Waals surface area contributed by atoms with E-state index in [0.717, 1.165) is 30.5 Å². The highest BCUT2D eigenvalue weighted by Gasteiger charge is 2.31. The summed E-state index contributed by atoms with van der Waals surface area (Å²) in [6.45, 7) is 4.15. The molecular weight excluding hydrogens is 234 g/mol. The van der Waals surface area contributed by atoms with Gasteiger partial charge in [-0.25, -0.2) is 8.42 Å². The molecule has 1 aliphatic carbocycles. The highest BCUT2D eigenvalue weighted by molar-refractivity contribution is 7.90. The van der Waals surface area contributed by atoms with Gasteiger partial charge in [-0.1, -0.05) is 19.1 Å². The van der Waals surface area contributed by atoms with Crippen LogP contribution in [0.4, 0.5) is 0 Å². The summed E-state index contributed by atoms with van der Waals surface area (Å²) >= 11 is 0. The molecule has 4 heteroatoms. The molecule has 17 heavy (non-hydrogen) atoms. The van der Waals surface area contributed by atoms with Crippen LogP contribution < -0.4 is 5.32 Å². The van der Waals surface area contributed by atoms with Gasteiger partial charge in [0.1, 0.15) is 0 Å². The molecule has 0 spiro atoms. The topological polar surface area (TPSA) is 46.2 Å². The molecule has 1 fully saturated rings. The lowest BCUT2D eigenvalue weighted by Crippen LogP contribution is -2.16. The molecule has 0 saturated heterocycles. The Morgan fingerprint density at radius 1 is 1.29 bits per heavy atom. The second kappa shape index (κ2) is 4.78. The molecule has 1 aromatic rings. The number of benzene rings is 1. The third-order valence-electron chi connectivity index (χ3n) is 3.36. The monoisotopic (exact) mass is 253 g/mol. The fourth-order valence-corrected chi connectivity index (χ4v) is 2.57.